The second-order valence-corrected chi connectivity index (χ2v) is 4.28. The van der Waals surface area contributed by atoms with Crippen LogP contribution < -0.4 is 4.74 Å². The number of esters is 1. The monoisotopic (exact) mass is 272 g/mol. The van der Waals surface area contributed by atoms with Crippen molar-refractivity contribution in [3.8, 4) is 5.75 Å². The Morgan fingerprint density at radius 3 is 2.75 bits per heavy atom. The van der Waals surface area contributed by atoms with Crippen LogP contribution in [0.2, 0.25) is 0 Å². The summed E-state index contributed by atoms with van der Waals surface area (Å²) in [5.74, 6) is 0.131. The lowest BCUT2D eigenvalue weighted by molar-refractivity contribution is -0.141. The molecule has 1 atom stereocenters. The summed E-state index contributed by atoms with van der Waals surface area (Å²) in [5, 5.41) is 11.7. The predicted molar refractivity (Wildman–Crippen MR) is 76.6 cm³/mol. The van der Waals surface area contributed by atoms with Crippen molar-refractivity contribution in [3.05, 3.63) is 55.1 Å². The molecule has 0 saturated carbocycles. The van der Waals surface area contributed by atoms with Gasteiger partial charge in [-0.25, -0.2) is 4.79 Å². The minimum Gasteiger partial charge on any atom is -0.490 e. The van der Waals surface area contributed by atoms with Crippen molar-refractivity contribution in [2.45, 2.75) is 6.10 Å². The standard InChI is InChI=1S/C16H16O4/c1-2-16(18)20-11-13(17)10-19-15-9-5-7-12-6-3-4-8-14(12)15/h2-9,13,17H,1,10-11H2. The molecule has 0 saturated heterocycles. The molecule has 0 aliphatic heterocycles. The first-order valence-electron chi connectivity index (χ1n) is 6.28. The average Bonchev–Trinajstić information content (AvgIpc) is 2.50. The van der Waals surface area contributed by atoms with E-state index in [2.05, 4.69) is 6.58 Å². The van der Waals surface area contributed by atoms with E-state index in [0.29, 0.717) is 5.75 Å². The van der Waals surface area contributed by atoms with Crippen LogP contribution in [0, 0.1) is 0 Å². The SMILES string of the molecule is C=CC(=O)OCC(O)COc1cccc2ccccc12. The number of hydrogen-bond donors (Lipinski definition) is 1. The van der Waals surface area contributed by atoms with E-state index in [4.69, 9.17) is 9.47 Å². The van der Waals surface area contributed by atoms with Gasteiger partial charge >= 0.3 is 5.97 Å². The van der Waals surface area contributed by atoms with E-state index in [9.17, 15) is 9.90 Å². The lowest BCUT2D eigenvalue weighted by Crippen LogP contribution is -2.24. The van der Waals surface area contributed by atoms with Crippen molar-refractivity contribution >= 4 is 16.7 Å². The van der Waals surface area contributed by atoms with Crippen LogP contribution in [-0.4, -0.2) is 30.4 Å². The van der Waals surface area contributed by atoms with Crippen molar-refractivity contribution in [1.82, 2.24) is 0 Å². The summed E-state index contributed by atoms with van der Waals surface area (Å²) < 4.78 is 10.3. The van der Waals surface area contributed by atoms with Crippen LogP contribution >= 0.6 is 0 Å². The van der Waals surface area contributed by atoms with E-state index in [-0.39, 0.29) is 13.2 Å². The summed E-state index contributed by atoms with van der Waals surface area (Å²) in [6, 6.07) is 13.5. The number of carbonyl (C=O) groups is 1. The highest BCUT2D eigenvalue weighted by molar-refractivity contribution is 5.88. The zero-order valence-electron chi connectivity index (χ0n) is 11.0. The maximum absolute atomic E-state index is 10.9. The summed E-state index contributed by atoms with van der Waals surface area (Å²) in [6.45, 7) is 3.22. The quantitative estimate of drug-likeness (QED) is 0.647. The maximum atomic E-state index is 10.9. The van der Waals surface area contributed by atoms with E-state index < -0.39 is 12.1 Å². The maximum Gasteiger partial charge on any atom is 0.330 e. The average molecular weight is 272 g/mol. The minimum atomic E-state index is -0.877. The lowest BCUT2D eigenvalue weighted by atomic mass is 10.1. The first-order chi connectivity index (χ1) is 9.70. The molecule has 104 valence electrons. The molecule has 4 nitrogen and oxygen atoms in total. The lowest BCUT2D eigenvalue weighted by Gasteiger charge is -2.13. The second kappa shape index (κ2) is 6.73. The Kier molecular flexibility index (Phi) is 4.74. The Hall–Kier alpha value is -2.33. The summed E-state index contributed by atoms with van der Waals surface area (Å²) in [6.07, 6.45) is 0.177. The third-order valence-corrected chi connectivity index (χ3v) is 2.77. The molecule has 0 aliphatic rings. The predicted octanol–water partition coefficient (Wildman–Crippen LogP) is 2.31. The molecule has 0 amide bonds. The van der Waals surface area contributed by atoms with E-state index in [0.717, 1.165) is 16.8 Å². The molecular formula is C16H16O4. The fourth-order valence-corrected chi connectivity index (χ4v) is 1.79. The summed E-state index contributed by atoms with van der Waals surface area (Å²) >= 11 is 0. The van der Waals surface area contributed by atoms with Gasteiger partial charge in [0.1, 0.15) is 25.1 Å². The van der Waals surface area contributed by atoms with Gasteiger partial charge in [-0.3, -0.25) is 0 Å². The molecule has 4 heteroatoms. The van der Waals surface area contributed by atoms with Gasteiger partial charge in [0.15, 0.2) is 0 Å². The number of hydrogen-bond acceptors (Lipinski definition) is 4. The molecule has 0 bridgehead atoms. The molecule has 2 aromatic rings. The number of carbonyl (C=O) groups excluding carboxylic acids is 1. The van der Waals surface area contributed by atoms with E-state index in [1.54, 1.807) is 0 Å². The number of ether oxygens (including phenoxy) is 2. The van der Waals surface area contributed by atoms with E-state index >= 15 is 0 Å². The highest BCUT2D eigenvalue weighted by Crippen LogP contribution is 2.25. The minimum absolute atomic E-state index is 0.0540. The van der Waals surface area contributed by atoms with Crippen LogP contribution in [0.25, 0.3) is 10.8 Å². The molecule has 1 unspecified atom stereocenters. The third kappa shape index (κ3) is 3.59. The van der Waals surface area contributed by atoms with Crippen LogP contribution in [-0.2, 0) is 9.53 Å². The van der Waals surface area contributed by atoms with Gasteiger partial charge in [0.2, 0.25) is 0 Å². The fourth-order valence-electron chi connectivity index (χ4n) is 1.79. The fraction of sp³-hybridized carbons (Fsp3) is 0.188. The first-order valence-corrected chi connectivity index (χ1v) is 6.28. The van der Waals surface area contributed by atoms with Crippen molar-refractivity contribution in [2.75, 3.05) is 13.2 Å². The van der Waals surface area contributed by atoms with E-state index in [1.807, 2.05) is 42.5 Å². The van der Waals surface area contributed by atoms with Gasteiger partial charge in [0, 0.05) is 11.5 Å². The van der Waals surface area contributed by atoms with Gasteiger partial charge in [-0.2, -0.15) is 0 Å². The summed E-state index contributed by atoms with van der Waals surface area (Å²) in [5.41, 5.74) is 0. The van der Waals surface area contributed by atoms with E-state index in [1.165, 1.54) is 0 Å². The topological polar surface area (TPSA) is 55.8 Å². The molecule has 0 aliphatic carbocycles. The van der Waals surface area contributed by atoms with Crippen LogP contribution in [0.15, 0.2) is 55.1 Å². The molecule has 2 aromatic carbocycles. The molecule has 0 spiro atoms. The third-order valence-electron chi connectivity index (χ3n) is 2.77. The van der Waals surface area contributed by atoms with Crippen LogP contribution in [0.4, 0.5) is 0 Å². The highest BCUT2D eigenvalue weighted by Gasteiger charge is 2.09. The molecule has 0 aromatic heterocycles. The Morgan fingerprint density at radius 2 is 1.95 bits per heavy atom. The highest BCUT2D eigenvalue weighted by atomic mass is 16.5. The van der Waals surface area contributed by atoms with Crippen molar-refractivity contribution in [2.24, 2.45) is 0 Å². The molecular weight excluding hydrogens is 256 g/mol. The van der Waals surface area contributed by atoms with Gasteiger partial charge < -0.3 is 14.6 Å². The van der Waals surface area contributed by atoms with Gasteiger partial charge in [0.05, 0.1) is 0 Å². The van der Waals surface area contributed by atoms with Crippen molar-refractivity contribution < 1.29 is 19.4 Å². The zero-order valence-corrected chi connectivity index (χ0v) is 11.0. The summed E-state index contributed by atoms with van der Waals surface area (Å²) in [7, 11) is 0. The number of rotatable bonds is 6. The van der Waals surface area contributed by atoms with Crippen LogP contribution in [0.1, 0.15) is 0 Å². The zero-order chi connectivity index (χ0) is 14.4. The number of aliphatic hydroxyl groups is 1. The normalized spacial score (nSPS) is 11.8. The molecule has 0 fully saturated rings. The van der Waals surface area contributed by atoms with Gasteiger partial charge in [-0.05, 0) is 11.5 Å². The van der Waals surface area contributed by atoms with Crippen LogP contribution in [0.5, 0.6) is 5.75 Å². The molecule has 2 rings (SSSR count). The molecule has 1 N–H and O–H groups in total. The molecule has 0 radical (unpaired) electrons. The number of benzene rings is 2. The second-order valence-electron chi connectivity index (χ2n) is 4.28. The van der Waals surface area contributed by atoms with Gasteiger partial charge in [-0.1, -0.05) is 43.0 Å². The van der Waals surface area contributed by atoms with Crippen molar-refractivity contribution in [1.29, 1.82) is 0 Å². The Labute approximate surface area is 117 Å². The van der Waals surface area contributed by atoms with Crippen molar-refractivity contribution in [3.63, 3.8) is 0 Å². The number of aliphatic hydroxyl groups excluding tert-OH is 1. The Bertz CT molecular complexity index is 601. The number of fused-ring (bicyclic) bond motifs is 1. The Balaban J connectivity index is 1.95. The largest absolute Gasteiger partial charge is 0.490 e. The van der Waals surface area contributed by atoms with Gasteiger partial charge in [-0.15, -0.1) is 0 Å². The molecule has 20 heavy (non-hydrogen) atoms. The molecule has 0 heterocycles. The first kappa shape index (κ1) is 14.1. The summed E-state index contributed by atoms with van der Waals surface area (Å²) in [4.78, 5) is 10.9. The van der Waals surface area contributed by atoms with Gasteiger partial charge in [0.25, 0.3) is 0 Å². The van der Waals surface area contributed by atoms with Crippen LogP contribution in [0.3, 0.4) is 0 Å². The Morgan fingerprint density at radius 1 is 1.20 bits per heavy atom. The smallest absolute Gasteiger partial charge is 0.330 e.